The van der Waals surface area contributed by atoms with Crippen LogP contribution in [-0.4, -0.2) is 34.5 Å². The van der Waals surface area contributed by atoms with Gasteiger partial charge < -0.3 is 9.84 Å². The third-order valence-corrected chi connectivity index (χ3v) is 4.53. The summed E-state index contributed by atoms with van der Waals surface area (Å²) in [5, 5.41) is 12.2. The molecule has 0 saturated carbocycles. The number of aliphatic hydroxyl groups is 1. The lowest BCUT2D eigenvalue weighted by atomic mass is 10.2. The van der Waals surface area contributed by atoms with E-state index in [0.29, 0.717) is 17.6 Å². The standard InChI is InChI=1S/C14H15ClN2O2S.2ClH/c15-14-11(12-3-2-6-20-12)7-10(8-16-14)19-9-17-5-1-4-13(17)18;;/h2-3,6-8,13,18H,1,4-5,9H2;2*1H/t13-;;/m0../s1. The number of aliphatic hydroxyl groups excluding tert-OH is 1. The van der Waals surface area contributed by atoms with Gasteiger partial charge in [-0.05, 0) is 30.4 Å². The van der Waals surface area contributed by atoms with Crippen LogP contribution in [0.3, 0.4) is 0 Å². The van der Waals surface area contributed by atoms with Crippen LogP contribution in [0.15, 0.2) is 29.8 Å². The first-order chi connectivity index (χ1) is 9.74. The molecule has 1 aliphatic rings. The van der Waals surface area contributed by atoms with Crippen molar-refractivity contribution < 1.29 is 9.84 Å². The third-order valence-electron chi connectivity index (χ3n) is 3.33. The van der Waals surface area contributed by atoms with Crippen molar-refractivity contribution in [3.8, 4) is 16.2 Å². The number of rotatable bonds is 4. The molecule has 3 heterocycles. The topological polar surface area (TPSA) is 45.6 Å². The highest BCUT2D eigenvalue weighted by Gasteiger charge is 2.22. The van der Waals surface area contributed by atoms with Crippen molar-refractivity contribution in [1.82, 2.24) is 9.88 Å². The zero-order chi connectivity index (χ0) is 13.9. The second-order valence-electron chi connectivity index (χ2n) is 4.70. The summed E-state index contributed by atoms with van der Waals surface area (Å²) in [5.74, 6) is 0.664. The van der Waals surface area contributed by atoms with E-state index in [2.05, 4.69) is 4.98 Å². The highest BCUT2D eigenvalue weighted by atomic mass is 35.5. The molecule has 0 unspecified atom stereocenters. The Balaban J connectivity index is 0.00000121. The van der Waals surface area contributed by atoms with Crippen molar-refractivity contribution in [1.29, 1.82) is 0 Å². The maximum atomic E-state index is 9.73. The number of hydrogen-bond donors (Lipinski definition) is 1. The molecule has 1 aliphatic heterocycles. The molecular weight excluding hydrogens is 367 g/mol. The average Bonchev–Trinajstić information content (AvgIpc) is 3.09. The number of thiophene rings is 1. The molecule has 0 aliphatic carbocycles. The molecule has 3 rings (SSSR count). The van der Waals surface area contributed by atoms with Gasteiger partial charge in [-0.1, -0.05) is 17.7 Å². The van der Waals surface area contributed by atoms with Gasteiger partial charge in [-0.3, -0.25) is 0 Å². The van der Waals surface area contributed by atoms with E-state index in [1.165, 1.54) is 0 Å². The van der Waals surface area contributed by atoms with Gasteiger partial charge in [0.1, 0.15) is 23.9 Å². The first-order valence-electron chi connectivity index (χ1n) is 6.48. The molecule has 0 bridgehead atoms. The van der Waals surface area contributed by atoms with Crippen molar-refractivity contribution >= 4 is 47.8 Å². The van der Waals surface area contributed by atoms with E-state index < -0.39 is 6.23 Å². The third kappa shape index (κ3) is 4.47. The number of ether oxygens (including phenoxy) is 1. The first-order valence-corrected chi connectivity index (χ1v) is 7.74. The Morgan fingerprint density at radius 3 is 2.91 bits per heavy atom. The number of likely N-dealkylation sites (tertiary alicyclic amines) is 1. The van der Waals surface area contributed by atoms with E-state index >= 15 is 0 Å². The Morgan fingerprint density at radius 2 is 2.27 bits per heavy atom. The van der Waals surface area contributed by atoms with Crippen LogP contribution in [0.5, 0.6) is 5.75 Å². The Hall–Kier alpha value is -0.560. The highest BCUT2D eigenvalue weighted by Crippen LogP contribution is 2.32. The van der Waals surface area contributed by atoms with Crippen molar-refractivity contribution in [2.24, 2.45) is 0 Å². The average molecular weight is 384 g/mol. The monoisotopic (exact) mass is 382 g/mol. The van der Waals surface area contributed by atoms with Crippen molar-refractivity contribution in [3.63, 3.8) is 0 Å². The molecule has 122 valence electrons. The summed E-state index contributed by atoms with van der Waals surface area (Å²) >= 11 is 7.74. The van der Waals surface area contributed by atoms with Gasteiger partial charge in [-0.25, -0.2) is 9.88 Å². The number of aromatic nitrogens is 1. The van der Waals surface area contributed by atoms with Crippen LogP contribution < -0.4 is 4.74 Å². The predicted molar refractivity (Wildman–Crippen MR) is 94.5 cm³/mol. The highest BCUT2D eigenvalue weighted by molar-refractivity contribution is 7.13. The number of hydrogen-bond acceptors (Lipinski definition) is 5. The van der Waals surface area contributed by atoms with Crippen LogP contribution in [0.4, 0.5) is 0 Å². The molecule has 0 radical (unpaired) electrons. The maximum absolute atomic E-state index is 9.73. The van der Waals surface area contributed by atoms with Gasteiger partial charge in [0.05, 0.1) is 6.20 Å². The largest absolute Gasteiger partial charge is 0.476 e. The fourth-order valence-electron chi connectivity index (χ4n) is 2.23. The van der Waals surface area contributed by atoms with Gasteiger partial charge >= 0.3 is 0 Å². The Bertz CT molecular complexity index is 583. The molecule has 1 N–H and O–H groups in total. The van der Waals surface area contributed by atoms with Gasteiger partial charge in [0.25, 0.3) is 0 Å². The molecule has 22 heavy (non-hydrogen) atoms. The maximum Gasteiger partial charge on any atom is 0.144 e. The molecule has 2 aromatic rings. The van der Waals surface area contributed by atoms with E-state index in [0.717, 1.165) is 29.8 Å². The molecule has 4 nitrogen and oxygen atoms in total. The minimum absolute atomic E-state index is 0. The van der Waals surface area contributed by atoms with Crippen LogP contribution in [0.1, 0.15) is 12.8 Å². The van der Waals surface area contributed by atoms with Crippen molar-refractivity contribution in [2.45, 2.75) is 19.1 Å². The first kappa shape index (κ1) is 19.5. The van der Waals surface area contributed by atoms with Gasteiger partial charge in [0.15, 0.2) is 0 Å². The van der Waals surface area contributed by atoms with Crippen LogP contribution in [0, 0.1) is 0 Å². The number of halogens is 3. The molecule has 1 saturated heterocycles. The van der Waals surface area contributed by atoms with Crippen molar-refractivity contribution in [2.75, 3.05) is 13.3 Å². The van der Waals surface area contributed by atoms with Crippen LogP contribution in [0.25, 0.3) is 10.4 Å². The van der Waals surface area contributed by atoms with Crippen LogP contribution in [0.2, 0.25) is 5.15 Å². The SMILES string of the molecule is Cl.Cl.O[C@H]1CCCN1COc1cnc(Cl)c(-c2cccs2)c1. The smallest absolute Gasteiger partial charge is 0.144 e. The number of pyridine rings is 1. The molecule has 0 aromatic carbocycles. The van der Waals surface area contributed by atoms with Gasteiger partial charge in [0, 0.05) is 17.0 Å². The van der Waals surface area contributed by atoms with Crippen molar-refractivity contribution in [3.05, 3.63) is 34.9 Å². The second-order valence-corrected chi connectivity index (χ2v) is 6.00. The lowest BCUT2D eigenvalue weighted by Gasteiger charge is -2.20. The Kier molecular flexibility index (Phi) is 7.89. The van der Waals surface area contributed by atoms with Crippen LogP contribution >= 0.6 is 47.8 Å². The summed E-state index contributed by atoms with van der Waals surface area (Å²) in [4.78, 5) is 7.13. The summed E-state index contributed by atoms with van der Waals surface area (Å²) in [6, 6.07) is 5.87. The Labute approximate surface area is 150 Å². The molecule has 1 fully saturated rings. The molecular formula is C14H17Cl3N2O2S. The van der Waals surface area contributed by atoms with E-state index in [9.17, 15) is 5.11 Å². The molecule has 1 atom stereocenters. The lowest BCUT2D eigenvalue weighted by molar-refractivity contribution is -0.00700. The molecule has 0 spiro atoms. The molecule has 2 aromatic heterocycles. The van der Waals surface area contributed by atoms with E-state index in [1.807, 2.05) is 28.5 Å². The van der Waals surface area contributed by atoms with Crippen LogP contribution in [-0.2, 0) is 0 Å². The van der Waals surface area contributed by atoms with Gasteiger partial charge in [-0.2, -0.15) is 0 Å². The molecule has 0 amide bonds. The van der Waals surface area contributed by atoms with Gasteiger partial charge in [0.2, 0.25) is 0 Å². The fraction of sp³-hybridized carbons (Fsp3) is 0.357. The minimum atomic E-state index is -0.396. The fourth-order valence-corrected chi connectivity index (χ4v) is 3.23. The summed E-state index contributed by atoms with van der Waals surface area (Å²) in [6.45, 7) is 1.23. The summed E-state index contributed by atoms with van der Waals surface area (Å²) in [7, 11) is 0. The zero-order valence-corrected chi connectivity index (χ0v) is 14.9. The van der Waals surface area contributed by atoms with E-state index in [1.54, 1.807) is 17.5 Å². The second kappa shape index (κ2) is 8.91. The lowest BCUT2D eigenvalue weighted by Crippen LogP contribution is -2.32. The normalized spacial score (nSPS) is 17.6. The van der Waals surface area contributed by atoms with E-state index in [4.69, 9.17) is 16.3 Å². The summed E-state index contributed by atoms with van der Waals surface area (Å²) < 4.78 is 5.70. The summed E-state index contributed by atoms with van der Waals surface area (Å²) in [5.41, 5.74) is 0.876. The Morgan fingerprint density at radius 1 is 1.45 bits per heavy atom. The van der Waals surface area contributed by atoms with Gasteiger partial charge in [-0.15, -0.1) is 36.2 Å². The quantitative estimate of drug-likeness (QED) is 0.809. The summed E-state index contributed by atoms with van der Waals surface area (Å²) in [6.07, 6.45) is 3.03. The predicted octanol–water partition coefficient (Wildman–Crippen LogP) is 4.06. The molecule has 8 heteroatoms. The minimum Gasteiger partial charge on any atom is -0.476 e. The van der Waals surface area contributed by atoms with E-state index in [-0.39, 0.29) is 24.8 Å². The number of nitrogens with zero attached hydrogens (tertiary/aromatic N) is 2. The zero-order valence-electron chi connectivity index (χ0n) is 11.6.